The third-order valence-corrected chi connectivity index (χ3v) is 4.88. The lowest BCUT2D eigenvalue weighted by Crippen LogP contribution is -2.39. The Kier molecular flexibility index (Phi) is 5.94. The predicted octanol–water partition coefficient (Wildman–Crippen LogP) is 2.28. The molecule has 2 heterocycles. The molecule has 6 heteroatoms. The van der Waals surface area contributed by atoms with Crippen LogP contribution in [0, 0.1) is 12.8 Å². The van der Waals surface area contributed by atoms with E-state index in [4.69, 9.17) is 0 Å². The van der Waals surface area contributed by atoms with Gasteiger partial charge in [-0.1, -0.05) is 38.1 Å². The summed E-state index contributed by atoms with van der Waals surface area (Å²) in [6.07, 6.45) is 1.82. The first-order chi connectivity index (χ1) is 12.9. The van der Waals surface area contributed by atoms with Crippen LogP contribution in [0.1, 0.15) is 37.1 Å². The summed E-state index contributed by atoms with van der Waals surface area (Å²) >= 11 is 0. The van der Waals surface area contributed by atoms with Gasteiger partial charge in [0.1, 0.15) is 6.54 Å². The zero-order valence-electron chi connectivity index (χ0n) is 16.4. The lowest BCUT2D eigenvalue weighted by molar-refractivity contribution is -0.121. The fraction of sp³-hybridized carbons (Fsp3) is 0.476. The van der Waals surface area contributed by atoms with Gasteiger partial charge in [-0.15, -0.1) is 0 Å². The lowest BCUT2D eigenvalue weighted by Gasteiger charge is -2.31. The van der Waals surface area contributed by atoms with Gasteiger partial charge < -0.3 is 10.2 Å². The van der Waals surface area contributed by atoms with Crippen molar-refractivity contribution in [1.29, 1.82) is 0 Å². The summed E-state index contributed by atoms with van der Waals surface area (Å²) in [5.74, 6) is 0.952. The standard InChI is InChI=1S/C21H28N4O2/c1-15(2)8-10-22-19(26)14-25-20(27)12-16(3)23-21(25)24-11-9-17-6-4-5-7-18(17)13-24/h4-7,12,15H,8-11,13-14H2,1-3H3,(H,22,26). The number of rotatable bonds is 6. The SMILES string of the molecule is Cc1cc(=O)n(CC(=O)NCCC(C)C)c(N2CCc3ccccc3C2)n1. The van der Waals surface area contributed by atoms with E-state index in [1.807, 2.05) is 13.0 Å². The first-order valence-corrected chi connectivity index (χ1v) is 9.61. The highest BCUT2D eigenvalue weighted by Gasteiger charge is 2.21. The molecule has 1 N–H and O–H groups in total. The summed E-state index contributed by atoms with van der Waals surface area (Å²) in [5.41, 5.74) is 3.06. The van der Waals surface area contributed by atoms with E-state index in [-0.39, 0.29) is 18.0 Å². The monoisotopic (exact) mass is 368 g/mol. The third kappa shape index (κ3) is 4.76. The average molecular weight is 368 g/mol. The van der Waals surface area contributed by atoms with E-state index >= 15 is 0 Å². The molecule has 2 aromatic rings. The van der Waals surface area contributed by atoms with Crippen LogP contribution >= 0.6 is 0 Å². The Morgan fingerprint density at radius 2 is 2.00 bits per heavy atom. The van der Waals surface area contributed by atoms with Crippen molar-refractivity contribution in [1.82, 2.24) is 14.9 Å². The Hall–Kier alpha value is -2.63. The van der Waals surface area contributed by atoms with Gasteiger partial charge in [0.05, 0.1) is 0 Å². The molecule has 1 amide bonds. The zero-order chi connectivity index (χ0) is 19.4. The van der Waals surface area contributed by atoms with Crippen LogP contribution < -0.4 is 15.8 Å². The number of aromatic nitrogens is 2. The molecule has 1 aromatic carbocycles. The maximum atomic E-state index is 12.6. The van der Waals surface area contributed by atoms with E-state index in [1.54, 1.807) is 0 Å². The third-order valence-electron chi connectivity index (χ3n) is 4.88. The molecule has 1 aromatic heterocycles. The van der Waals surface area contributed by atoms with Gasteiger partial charge in [0.2, 0.25) is 11.9 Å². The Morgan fingerprint density at radius 3 is 2.74 bits per heavy atom. The predicted molar refractivity (Wildman–Crippen MR) is 107 cm³/mol. The first kappa shape index (κ1) is 19.1. The number of carbonyl (C=O) groups is 1. The largest absolute Gasteiger partial charge is 0.355 e. The van der Waals surface area contributed by atoms with Crippen molar-refractivity contribution in [2.75, 3.05) is 18.0 Å². The molecular formula is C21H28N4O2. The summed E-state index contributed by atoms with van der Waals surface area (Å²) < 4.78 is 1.49. The maximum absolute atomic E-state index is 12.6. The van der Waals surface area contributed by atoms with Crippen LogP contribution in [-0.4, -0.2) is 28.5 Å². The molecule has 0 aliphatic carbocycles. The number of benzene rings is 1. The molecule has 27 heavy (non-hydrogen) atoms. The van der Waals surface area contributed by atoms with Gasteiger partial charge in [-0.2, -0.15) is 0 Å². The van der Waals surface area contributed by atoms with Crippen LogP contribution in [0.15, 0.2) is 35.1 Å². The van der Waals surface area contributed by atoms with Crippen molar-refractivity contribution in [2.24, 2.45) is 5.92 Å². The molecule has 0 saturated heterocycles. The molecule has 0 bridgehead atoms. The fourth-order valence-corrected chi connectivity index (χ4v) is 3.36. The molecule has 3 rings (SSSR count). The van der Waals surface area contributed by atoms with Crippen LogP contribution in [0.2, 0.25) is 0 Å². The first-order valence-electron chi connectivity index (χ1n) is 9.61. The summed E-state index contributed by atoms with van der Waals surface area (Å²) in [6.45, 7) is 8.15. The van der Waals surface area contributed by atoms with Crippen molar-refractivity contribution in [3.05, 3.63) is 57.5 Å². The van der Waals surface area contributed by atoms with E-state index < -0.39 is 0 Å². The molecule has 0 saturated carbocycles. The molecule has 0 radical (unpaired) electrons. The molecule has 0 atom stereocenters. The van der Waals surface area contributed by atoms with Gasteiger partial charge in [0.15, 0.2) is 0 Å². The highest BCUT2D eigenvalue weighted by Crippen LogP contribution is 2.22. The van der Waals surface area contributed by atoms with Gasteiger partial charge in [-0.3, -0.25) is 14.2 Å². The minimum atomic E-state index is -0.185. The second-order valence-corrected chi connectivity index (χ2v) is 7.59. The number of aryl methyl sites for hydroxylation is 1. The van der Waals surface area contributed by atoms with E-state index in [0.717, 1.165) is 19.4 Å². The van der Waals surface area contributed by atoms with Gasteiger partial charge in [-0.25, -0.2) is 4.98 Å². The van der Waals surface area contributed by atoms with E-state index in [9.17, 15) is 9.59 Å². The fourth-order valence-electron chi connectivity index (χ4n) is 3.36. The van der Waals surface area contributed by atoms with E-state index in [2.05, 4.69) is 47.2 Å². The molecule has 0 fully saturated rings. The number of anilines is 1. The lowest BCUT2D eigenvalue weighted by atomic mass is 10.0. The number of nitrogens with zero attached hydrogens (tertiary/aromatic N) is 3. The smallest absolute Gasteiger partial charge is 0.255 e. The normalized spacial score (nSPS) is 13.6. The molecule has 0 unspecified atom stereocenters. The number of hydrogen-bond acceptors (Lipinski definition) is 4. The van der Waals surface area contributed by atoms with Crippen molar-refractivity contribution >= 4 is 11.9 Å². The molecule has 1 aliphatic heterocycles. The minimum absolute atomic E-state index is 0.00229. The number of carbonyl (C=O) groups excluding carboxylic acids is 1. The Bertz CT molecular complexity index is 873. The highest BCUT2D eigenvalue weighted by atomic mass is 16.2. The summed E-state index contributed by atoms with van der Waals surface area (Å²) in [4.78, 5) is 31.6. The molecule has 144 valence electrons. The number of hydrogen-bond donors (Lipinski definition) is 1. The molecule has 0 spiro atoms. The van der Waals surface area contributed by atoms with Gasteiger partial charge in [0, 0.05) is 31.4 Å². The van der Waals surface area contributed by atoms with Crippen molar-refractivity contribution in [3.63, 3.8) is 0 Å². The Morgan fingerprint density at radius 1 is 1.26 bits per heavy atom. The van der Waals surface area contributed by atoms with Crippen LogP contribution in [0.25, 0.3) is 0 Å². The molecule has 1 aliphatic rings. The minimum Gasteiger partial charge on any atom is -0.355 e. The van der Waals surface area contributed by atoms with Crippen LogP contribution in [-0.2, 0) is 24.3 Å². The Labute approximate surface area is 160 Å². The van der Waals surface area contributed by atoms with Crippen molar-refractivity contribution < 1.29 is 4.79 Å². The summed E-state index contributed by atoms with van der Waals surface area (Å²) in [5, 5.41) is 2.91. The zero-order valence-corrected chi connectivity index (χ0v) is 16.4. The quantitative estimate of drug-likeness (QED) is 0.849. The highest BCUT2D eigenvalue weighted by molar-refractivity contribution is 5.76. The van der Waals surface area contributed by atoms with Crippen LogP contribution in [0.3, 0.4) is 0 Å². The average Bonchev–Trinajstić information content (AvgIpc) is 2.63. The van der Waals surface area contributed by atoms with E-state index in [0.29, 0.717) is 30.6 Å². The number of amides is 1. The van der Waals surface area contributed by atoms with Gasteiger partial charge in [0.25, 0.3) is 5.56 Å². The second kappa shape index (κ2) is 8.37. The van der Waals surface area contributed by atoms with Crippen LogP contribution in [0.5, 0.6) is 0 Å². The molecule has 6 nitrogen and oxygen atoms in total. The second-order valence-electron chi connectivity index (χ2n) is 7.59. The van der Waals surface area contributed by atoms with Crippen molar-refractivity contribution in [2.45, 2.75) is 46.7 Å². The Balaban J connectivity index is 1.81. The summed E-state index contributed by atoms with van der Waals surface area (Å²) in [6, 6.07) is 9.82. The number of nitrogens with one attached hydrogen (secondary N) is 1. The van der Waals surface area contributed by atoms with Crippen LogP contribution in [0.4, 0.5) is 5.95 Å². The van der Waals surface area contributed by atoms with Gasteiger partial charge >= 0.3 is 0 Å². The van der Waals surface area contributed by atoms with Crippen molar-refractivity contribution in [3.8, 4) is 0 Å². The van der Waals surface area contributed by atoms with Gasteiger partial charge in [-0.05, 0) is 36.8 Å². The van der Waals surface area contributed by atoms with E-state index in [1.165, 1.54) is 21.8 Å². The topological polar surface area (TPSA) is 67.2 Å². The summed E-state index contributed by atoms with van der Waals surface area (Å²) in [7, 11) is 0. The molecular weight excluding hydrogens is 340 g/mol. The number of fused-ring (bicyclic) bond motifs is 1. The maximum Gasteiger partial charge on any atom is 0.255 e.